The number of aryl methyl sites for hydroxylation is 1. The summed E-state index contributed by atoms with van der Waals surface area (Å²) < 4.78 is 0. The Bertz CT molecular complexity index is 701. The molecule has 3 N–H and O–H groups in total. The van der Waals surface area contributed by atoms with E-state index in [1.807, 2.05) is 12.1 Å². The molecule has 120 valence electrons. The van der Waals surface area contributed by atoms with Gasteiger partial charge < -0.3 is 11.1 Å². The molecule has 0 saturated heterocycles. The van der Waals surface area contributed by atoms with Crippen LogP contribution in [0.1, 0.15) is 27.0 Å². The van der Waals surface area contributed by atoms with Crippen molar-refractivity contribution in [2.24, 2.45) is 5.73 Å². The van der Waals surface area contributed by atoms with E-state index in [0.717, 1.165) is 11.3 Å². The predicted molar refractivity (Wildman–Crippen MR) is 94.1 cm³/mol. The van der Waals surface area contributed by atoms with Gasteiger partial charge in [-0.2, -0.15) is 0 Å². The Morgan fingerprint density at radius 3 is 2.57 bits per heavy atom. The lowest BCUT2D eigenvalue weighted by Crippen LogP contribution is -2.24. The van der Waals surface area contributed by atoms with Gasteiger partial charge in [-0.05, 0) is 30.2 Å². The normalized spacial score (nSPS) is 10.3. The van der Waals surface area contributed by atoms with Crippen LogP contribution >= 0.6 is 11.8 Å². The van der Waals surface area contributed by atoms with Gasteiger partial charge in [0.05, 0.1) is 5.75 Å². The number of rotatable bonds is 7. The molecule has 23 heavy (non-hydrogen) atoms. The Hall–Kier alpha value is -2.27. The summed E-state index contributed by atoms with van der Waals surface area (Å²) in [5.74, 6) is 0.731. The minimum absolute atomic E-state index is 0.0212. The summed E-state index contributed by atoms with van der Waals surface area (Å²) in [7, 11) is 0. The number of primary amides is 1. The standard InChI is InChI=1S/C18H20N2O2S/c1-13-4-2-6-15(8-13)11-23-12-17(21)20-10-14-5-3-7-16(9-14)18(19)22/h2-9H,10-12H2,1H3,(H2,19,22)(H,20,21). The Labute approximate surface area is 140 Å². The van der Waals surface area contributed by atoms with E-state index in [0.29, 0.717) is 17.9 Å². The molecule has 0 saturated carbocycles. The highest BCUT2D eigenvalue weighted by Crippen LogP contribution is 2.13. The van der Waals surface area contributed by atoms with Gasteiger partial charge >= 0.3 is 0 Å². The number of carbonyl (C=O) groups is 2. The van der Waals surface area contributed by atoms with Crippen LogP contribution in [0.4, 0.5) is 0 Å². The highest BCUT2D eigenvalue weighted by molar-refractivity contribution is 7.99. The highest BCUT2D eigenvalue weighted by Gasteiger charge is 2.04. The lowest BCUT2D eigenvalue weighted by atomic mass is 10.1. The number of thioether (sulfide) groups is 1. The second-order valence-electron chi connectivity index (χ2n) is 5.32. The molecule has 0 unspecified atom stereocenters. The van der Waals surface area contributed by atoms with E-state index in [1.54, 1.807) is 30.0 Å². The number of hydrogen-bond acceptors (Lipinski definition) is 3. The zero-order valence-electron chi connectivity index (χ0n) is 13.0. The van der Waals surface area contributed by atoms with E-state index in [-0.39, 0.29) is 5.91 Å². The minimum atomic E-state index is -0.466. The maximum atomic E-state index is 11.9. The first-order chi connectivity index (χ1) is 11.0. The predicted octanol–water partition coefficient (Wildman–Crippen LogP) is 2.64. The van der Waals surface area contributed by atoms with Gasteiger partial charge in [0, 0.05) is 17.9 Å². The molecule has 0 aliphatic carbocycles. The average molecular weight is 328 g/mol. The van der Waals surface area contributed by atoms with Crippen LogP contribution in [0, 0.1) is 6.92 Å². The van der Waals surface area contributed by atoms with E-state index >= 15 is 0 Å². The van der Waals surface area contributed by atoms with Crippen molar-refractivity contribution in [3.05, 3.63) is 70.8 Å². The van der Waals surface area contributed by atoms with Gasteiger partial charge in [-0.3, -0.25) is 9.59 Å². The Kier molecular flexibility index (Phi) is 6.23. The van der Waals surface area contributed by atoms with Crippen LogP contribution in [-0.2, 0) is 17.1 Å². The molecule has 0 bridgehead atoms. The lowest BCUT2D eigenvalue weighted by molar-refractivity contribution is -0.118. The van der Waals surface area contributed by atoms with Crippen LogP contribution in [-0.4, -0.2) is 17.6 Å². The molecule has 0 aliphatic rings. The molecular formula is C18H20N2O2S. The molecule has 0 radical (unpaired) electrons. The van der Waals surface area contributed by atoms with Gasteiger partial charge in [0.15, 0.2) is 0 Å². The molecular weight excluding hydrogens is 308 g/mol. The van der Waals surface area contributed by atoms with Gasteiger partial charge in [-0.15, -0.1) is 11.8 Å². The number of carbonyl (C=O) groups excluding carboxylic acids is 2. The first-order valence-electron chi connectivity index (χ1n) is 7.33. The van der Waals surface area contributed by atoms with Crippen molar-refractivity contribution in [2.45, 2.75) is 19.2 Å². The molecule has 0 aromatic heterocycles. The van der Waals surface area contributed by atoms with Crippen molar-refractivity contribution >= 4 is 23.6 Å². The van der Waals surface area contributed by atoms with Crippen LogP contribution in [0.25, 0.3) is 0 Å². The van der Waals surface area contributed by atoms with Crippen molar-refractivity contribution in [1.29, 1.82) is 0 Å². The van der Waals surface area contributed by atoms with E-state index in [9.17, 15) is 9.59 Å². The highest BCUT2D eigenvalue weighted by atomic mass is 32.2. The zero-order valence-corrected chi connectivity index (χ0v) is 13.9. The first kappa shape index (κ1) is 17.1. The molecule has 2 amide bonds. The summed E-state index contributed by atoms with van der Waals surface area (Å²) in [4.78, 5) is 23.0. The number of nitrogens with two attached hydrogens (primary N) is 1. The van der Waals surface area contributed by atoms with Crippen molar-refractivity contribution in [2.75, 3.05) is 5.75 Å². The molecule has 0 fully saturated rings. The SMILES string of the molecule is Cc1cccc(CSCC(=O)NCc2cccc(C(N)=O)c2)c1. The summed E-state index contributed by atoms with van der Waals surface area (Å²) >= 11 is 1.58. The minimum Gasteiger partial charge on any atom is -0.366 e. The summed E-state index contributed by atoms with van der Waals surface area (Å²) in [6, 6.07) is 15.2. The Morgan fingerprint density at radius 1 is 1.09 bits per heavy atom. The van der Waals surface area contributed by atoms with Crippen LogP contribution in [0.15, 0.2) is 48.5 Å². The van der Waals surface area contributed by atoms with Crippen molar-refractivity contribution < 1.29 is 9.59 Å². The Balaban J connectivity index is 1.75. The maximum Gasteiger partial charge on any atom is 0.248 e. The van der Waals surface area contributed by atoms with Gasteiger partial charge in [-0.1, -0.05) is 42.0 Å². The van der Waals surface area contributed by atoms with Gasteiger partial charge in [0.1, 0.15) is 0 Å². The maximum absolute atomic E-state index is 11.9. The van der Waals surface area contributed by atoms with Crippen LogP contribution < -0.4 is 11.1 Å². The topological polar surface area (TPSA) is 72.2 Å². The van der Waals surface area contributed by atoms with Crippen LogP contribution in [0.5, 0.6) is 0 Å². The summed E-state index contributed by atoms with van der Waals surface area (Å²) in [5.41, 5.74) is 8.99. The summed E-state index contributed by atoms with van der Waals surface area (Å²) in [6.45, 7) is 2.45. The van der Waals surface area contributed by atoms with Crippen molar-refractivity contribution in [3.63, 3.8) is 0 Å². The van der Waals surface area contributed by atoms with Crippen molar-refractivity contribution in [3.8, 4) is 0 Å². The molecule has 0 spiro atoms. The number of nitrogens with one attached hydrogen (secondary N) is 1. The van der Waals surface area contributed by atoms with Gasteiger partial charge in [0.2, 0.25) is 11.8 Å². The molecule has 0 aliphatic heterocycles. The third-order valence-corrected chi connectivity index (χ3v) is 4.29. The van der Waals surface area contributed by atoms with E-state index in [1.165, 1.54) is 11.1 Å². The summed E-state index contributed by atoms with van der Waals surface area (Å²) in [5, 5.41) is 2.85. The van der Waals surface area contributed by atoms with E-state index < -0.39 is 5.91 Å². The Morgan fingerprint density at radius 2 is 1.83 bits per heavy atom. The molecule has 0 atom stereocenters. The fraction of sp³-hybridized carbons (Fsp3) is 0.222. The molecule has 4 nitrogen and oxygen atoms in total. The molecule has 2 aromatic rings. The van der Waals surface area contributed by atoms with Gasteiger partial charge in [0.25, 0.3) is 0 Å². The third kappa shape index (κ3) is 5.79. The second kappa shape index (κ2) is 8.39. The largest absolute Gasteiger partial charge is 0.366 e. The molecule has 2 rings (SSSR count). The average Bonchev–Trinajstić information content (AvgIpc) is 2.53. The van der Waals surface area contributed by atoms with E-state index in [2.05, 4.69) is 30.4 Å². The van der Waals surface area contributed by atoms with Crippen LogP contribution in [0.3, 0.4) is 0 Å². The fourth-order valence-corrected chi connectivity index (χ4v) is 2.95. The van der Waals surface area contributed by atoms with Gasteiger partial charge in [-0.25, -0.2) is 0 Å². The first-order valence-corrected chi connectivity index (χ1v) is 8.49. The smallest absolute Gasteiger partial charge is 0.248 e. The molecule has 0 heterocycles. The number of hydrogen-bond donors (Lipinski definition) is 2. The fourth-order valence-electron chi connectivity index (χ4n) is 2.15. The number of benzene rings is 2. The number of amides is 2. The third-order valence-electron chi connectivity index (χ3n) is 3.29. The zero-order chi connectivity index (χ0) is 16.7. The molecule has 2 aromatic carbocycles. The second-order valence-corrected chi connectivity index (χ2v) is 6.31. The monoisotopic (exact) mass is 328 g/mol. The molecule has 5 heteroatoms. The lowest BCUT2D eigenvalue weighted by Gasteiger charge is -2.07. The van der Waals surface area contributed by atoms with Crippen molar-refractivity contribution in [1.82, 2.24) is 5.32 Å². The van der Waals surface area contributed by atoms with Crippen LogP contribution in [0.2, 0.25) is 0 Å². The van der Waals surface area contributed by atoms with E-state index in [4.69, 9.17) is 5.73 Å². The summed E-state index contributed by atoms with van der Waals surface area (Å²) in [6.07, 6.45) is 0. The quantitative estimate of drug-likeness (QED) is 0.821.